The molecule has 5 nitrogen and oxygen atoms in total. The quantitative estimate of drug-likeness (QED) is 0.519. The van der Waals surface area contributed by atoms with Crippen LogP contribution in [0.2, 0.25) is 15.1 Å². The van der Waals surface area contributed by atoms with Gasteiger partial charge in [0.2, 0.25) is 17.6 Å². The Labute approximate surface area is 171 Å². The Morgan fingerprint density at radius 3 is 2.52 bits per heavy atom. The molecule has 0 saturated heterocycles. The first kappa shape index (κ1) is 19.4. The fraction of sp³-hybridized carbons (Fsp3) is 0.105. The van der Waals surface area contributed by atoms with Gasteiger partial charge in [-0.2, -0.15) is 4.98 Å². The van der Waals surface area contributed by atoms with Gasteiger partial charge >= 0.3 is 0 Å². The summed E-state index contributed by atoms with van der Waals surface area (Å²) in [4.78, 5) is 18.0. The monoisotopic (exact) mass is 421 g/mol. The largest absolute Gasteiger partial charge is 0.337 e. The van der Waals surface area contributed by atoms with Crippen LogP contribution < -0.4 is 0 Å². The van der Waals surface area contributed by atoms with Gasteiger partial charge in [-0.1, -0.05) is 46.0 Å². The van der Waals surface area contributed by atoms with Gasteiger partial charge in [0.25, 0.3) is 0 Å². The van der Waals surface area contributed by atoms with Crippen molar-refractivity contribution in [2.24, 2.45) is 0 Å². The van der Waals surface area contributed by atoms with E-state index in [1.54, 1.807) is 55.6 Å². The number of benzene rings is 2. The topological polar surface area (TPSA) is 59.2 Å². The van der Waals surface area contributed by atoms with Crippen LogP contribution in [0.15, 0.2) is 53.1 Å². The summed E-state index contributed by atoms with van der Waals surface area (Å²) in [5, 5.41) is 5.56. The third kappa shape index (κ3) is 5.10. The van der Waals surface area contributed by atoms with Gasteiger partial charge in [0.1, 0.15) is 0 Å². The zero-order valence-electron chi connectivity index (χ0n) is 14.2. The van der Waals surface area contributed by atoms with E-state index in [1.807, 2.05) is 0 Å². The maximum Gasteiger partial charge on any atom is 0.246 e. The van der Waals surface area contributed by atoms with Crippen molar-refractivity contribution < 1.29 is 9.32 Å². The van der Waals surface area contributed by atoms with Crippen LogP contribution in [-0.4, -0.2) is 28.0 Å². The fourth-order valence-electron chi connectivity index (χ4n) is 2.24. The van der Waals surface area contributed by atoms with Crippen molar-refractivity contribution >= 4 is 46.8 Å². The second kappa shape index (κ2) is 8.57. The van der Waals surface area contributed by atoms with E-state index >= 15 is 0 Å². The summed E-state index contributed by atoms with van der Waals surface area (Å²) >= 11 is 17.8. The standard InChI is InChI=1S/C19H14Cl3N3O2/c1-25(18(26)9-5-12-2-8-15(21)10-16(12)22)11-17-23-19(24-27-17)13-3-6-14(20)7-4-13/h2-10H,11H2,1H3/b9-5+. The van der Waals surface area contributed by atoms with Gasteiger partial charge in [-0.05, 0) is 48.0 Å². The molecule has 2 aromatic carbocycles. The van der Waals surface area contributed by atoms with Gasteiger partial charge in [0.15, 0.2) is 0 Å². The normalized spacial score (nSPS) is 11.1. The summed E-state index contributed by atoms with van der Waals surface area (Å²) in [6, 6.07) is 12.1. The predicted molar refractivity (Wildman–Crippen MR) is 107 cm³/mol. The van der Waals surface area contributed by atoms with Gasteiger partial charge in [-0.3, -0.25) is 4.79 Å². The number of hydrogen-bond donors (Lipinski definition) is 0. The SMILES string of the molecule is CN(Cc1nc(-c2ccc(Cl)cc2)no1)C(=O)/C=C/c1ccc(Cl)cc1Cl. The first-order chi connectivity index (χ1) is 12.9. The molecule has 0 fully saturated rings. The molecule has 8 heteroatoms. The highest BCUT2D eigenvalue weighted by molar-refractivity contribution is 6.35. The molecule has 0 bridgehead atoms. The molecule has 0 aliphatic carbocycles. The average molecular weight is 423 g/mol. The van der Waals surface area contributed by atoms with E-state index in [1.165, 1.54) is 11.0 Å². The highest BCUT2D eigenvalue weighted by atomic mass is 35.5. The van der Waals surface area contributed by atoms with Crippen molar-refractivity contribution in [3.8, 4) is 11.4 Å². The lowest BCUT2D eigenvalue weighted by atomic mass is 10.2. The van der Waals surface area contributed by atoms with E-state index in [0.29, 0.717) is 32.3 Å². The molecule has 0 aliphatic rings. The lowest BCUT2D eigenvalue weighted by Gasteiger charge is -2.11. The van der Waals surface area contributed by atoms with E-state index in [9.17, 15) is 4.79 Å². The fourth-order valence-corrected chi connectivity index (χ4v) is 2.84. The minimum atomic E-state index is -0.229. The van der Waals surface area contributed by atoms with Crippen LogP contribution >= 0.6 is 34.8 Å². The Bertz CT molecular complexity index is 984. The Balaban J connectivity index is 1.64. The molecule has 27 heavy (non-hydrogen) atoms. The molecule has 1 aromatic heterocycles. The summed E-state index contributed by atoms with van der Waals surface area (Å²) < 4.78 is 5.22. The predicted octanol–water partition coefficient (Wildman–Crippen LogP) is 5.37. The first-order valence-corrected chi connectivity index (χ1v) is 9.02. The molecule has 1 amide bonds. The number of carbonyl (C=O) groups excluding carboxylic acids is 1. The third-order valence-electron chi connectivity index (χ3n) is 3.69. The van der Waals surface area contributed by atoms with E-state index in [2.05, 4.69) is 10.1 Å². The summed E-state index contributed by atoms with van der Waals surface area (Å²) in [7, 11) is 1.64. The highest BCUT2D eigenvalue weighted by Crippen LogP contribution is 2.22. The molecule has 0 aliphatic heterocycles. The van der Waals surface area contributed by atoms with E-state index < -0.39 is 0 Å². The van der Waals surface area contributed by atoms with Gasteiger partial charge in [0, 0.05) is 33.8 Å². The maximum absolute atomic E-state index is 12.3. The van der Waals surface area contributed by atoms with Crippen molar-refractivity contribution in [1.29, 1.82) is 0 Å². The molecule has 0 radical (unpaired) electrons. The molecule has 1 heterocycles. The zero-order valence-corrected chi connectivity index (χ0v) is 16.5. The molecular formula is C19H14Cl3N3O2. The molecular weight excluding hydrogens is 409 g/mol. The van der Waals surface area contributed by atoms with Crippen LogP contribution in [0.3, 0.4) is 0 Å². The molecule has 0 spiro atoms. The van der Waals surface area contributed by atoms with Crippen molar-refractivity contribution in [3.05, 3.63) is 75.1 Å². The van der Waals surface area contributed by atoms with Crippen molar-refractivity contribution in [3.63, 3.8) is 0 Å². The van der Waals surface area contributed by atoms with E-state index in [0.717, 1.165) is 5.56 Å². The first-order valence-electron chi connectivity index (χ1n) is 7.89. The highest BCUT2D eigenvalue weighted by Gasteiger charge is 2.13. The van der Waals surface area contributed by atoms with Crippen LogP contribution in [0.25, 0.3) is 17.5 Å². The van der Waals surface area contributed by atoms with Crippen molar-refractivity contribution in [2.45, 2.75) is 6.54 Å². The summed E-state index contributed by atoms with van der Waals surface area (Å²) in [5.74, 6) is 0.534. The lowest BCUT2D eigenvalue weighted by molar-refractivity contribution is -0.125. The molecule has 0 N–H and O–H groups in total. The number of nitrogens with zero attached hydrogens (tertiary/aromatic N) is 3. The minimum absolute atomic E-state index is 0.179. The second-order valence-corrected chi connectivity index (χ2v) is 6.99. The summed E-state index contributed by atoms with van der Waals surface area (Å²) in [5.41, 5.74) is 1.48. The van der Waals surface area contributed by atoms with E-state index in [-0.39, 0.29) is 12.5 Å². The van der Waals surface area contributed by atoms with Crippen molar-refractivity contribution in [2.75, 3.05) is 7.05 Å². The van der Waals surface area contributed by atoms with Crippen LogP contribution in [0, 0.1) is 0 Å². The van der Waals surface area contributed by atoms with Gasteiger partial charge in [-0.25, -0.2) is 0 Å². The Morgan fingerprint density at radius 1 is 1.11 bits per heavy atom. The summed E-state index contributed by atoms with van der Waals surface area (Å²) in [6.45, 7) is 0.179. The molecule has 138 valence electrons. The third-order valence-corrected chi connectivity index (χ3v) is 4.50. The van der Waals surface area contributed by atoms with Crippen molar-refractivity contribution in [1.82, 2.24) is 15.0 Å². The Kier molecular flexibility index (Phi) is 6.16. The van der Waals surface area contributed by atoms with Gasteiger partial charge < -0.3 is 9.42 Å². The zero-order chi connectivity index (χ0) is 19.4. The lowest BCUT2D eigenvalue weighted by Crippen LogP contribution is -2.24. The van der Waals surface area contributed by atoms with Crippen LogP contribution in [0.5, 0.6) is 0 Å². The molecule has 0 atom stereocenters. The molecule has 3 rings (SSSR count). The number of aromatic nitrogens is 2. The number of rotatable bonds is 5. The maximum atomic E-state index is 12.3. The minimum Gasteiger partial charge on any atom is -0.337 e. The number of carbonyl (C=O) groups is 1. The Hall–Kier alpha value is -2.34. The average Bonchev–Trinajstić information content (AvgIpc) is 3.09. The van der Waals surface area contributed by atoms with Crippen LogP contribution in [0.4, 0.5) is 0 Å². The molecule has 0 unspecified atom stereocenters. The number of hydrogen-bond acceptors (Lipinski definition) is 4. The number of amides is 1. The van der Waals surface area contributed by atoms with E-state index in [4.69, 9.17) is 39.3 Å². The number of likely N-dealkylation sites (N-methyl/N-ethyl adjacent to an activating group) is 1. The smallest absolute Gasteiger partial charge is 0.246 e. The van der Waals surface area contributed by atoms with Gasteiger partial charge in [0.05, 0.1) is 6.54 Å². The van der Waals surface area contributed by atoms with Crippen LogP contribution in [0.1, 0.15) is 11.5 Å². The van der Waals surface area contributed by atoms with Gasteiger partial charge in [-0.15, -0.1) is 0 Å². The second-order valence-electron chi connectivity index (χ2n) is 5.71. The molecule has 3 aromatic rings. The summed E-state index contributed by atoms with van der Waals surface area (Å²) in [6.07, 6.45) is 3.05. The molecule has 0 saturated carbocycles. The Morgan fingerprint density at radius 2 is 1.81 bits per heavy atom. The van der Waals surface area contributed by atoms with Crippen LogP contribution in [-0.2, 0) is 11.3 Å². The number of halogens is 3.